The molecular formula is C24H20N2O5. The summed E-state index contributed by atoms with van der Waals surface area (Å²) in [7, 11) is 1.33. The average Bonchev–Trinajstić information content (AvgIpc) is 3.44. The van der Waals surface area contributed by atoms with Crippen molar-refractivity contribution in [1.29, 1.82) is 0 Å². The lowest BCUT2D eigenvalue weighted by atomic mass is 9.63. The van der Waals surface area contributed by atoms with Gasteiger partial charge < -0.3 is 9.15 Å². The standard InChI is InChI=1S/C24H20N2O5/c1-30-24(29)13-4-2-3-12(9-13)19-8-5-14(31-19)11-25-26-22(27)20-15-6-7-16(18-10-17(15)18)21(20)23(26)28/h2-9,11,15-18,20-21H,10H2,1H3/t15-,16-,17-,18+,20-,21+/m0/s1. The lowest BCUT2D eigenvalue weighted by Crippen LogP contribution is -2.40. The van der Waals surface area contributed by atoms with Crippen LogP contribution in [-0.4, -0.2) is 36.1 Å². The second kappa shape index (κ2) is 6.51. The summed E-state index contributed by atoms with van der Waals surface area (Å²) in [4.78, 5) is 37.7. The number of carbonyl (C=O) groups excluding carboxylic acids is 3. The van der Waals surface area contributed by atoms with Gasteiger partial charge in [-0.05, 0) is 54.4 Å². The molecule has 31 heavy (non-hydrogen) atoms. The normalized spacial score (nSPS) is 32.5. The van der Waals surface area contributed by atoms with Crippen LogP contribution in [-0.2, 0) is 14.3 Å². The number of furan rings is 1. The summed E-state index contributed by atoms with van der Waals surface area (Å²) < 4.78 is 10.6. The maximum atomic E-state index is 13.0. The van der Waals surface area contributed by atoms with Crippen LogP contribution >= 0.6 is 0 Å². The number of allylic oxidation sites excluding steroid dienone is 2. The number of amides is 2. The summed E-state index contributed by atoms with van der Waals surface area (Å²) in [6.45, 7) is 0. The third-order valence-corrected chi connectivity index (χ3v) is 7.13. The Balaban J connectivity index is 1.22. The van der Waals surface area contributed by atoms with Gasteiger partial charge in [0, 0.05) is 5.56 Å². The molecule has 2 heterocycles. The van der Waals surface area contributed by atoms with E-state index in [-0.39, 0.29) is 35.5 Å². The molecular weight excluding hydrogens is 396 g/mol. The van der Waals surface area contributed by atoms with E-state index in [2.05, 4.69) is 17.3 Å². The van der Waals surface area contributed by atoms with E-state index in [1.54, 1.807) is 30.3 Å². The van der Waals surface area contributed by atoms with Crippen LogP contribution in [0.15, 0.2) is 58.1 Å². The Labute approximate surface area is 178 Å². The largest absolute Gasteiger partial charge is 0.465 e. The van der Waals surface area contributed by atoms with E-state index in [1.807, 2.05) is 6.07 Å². The Kier molecular flexibility index (Phi) is 3.84. The van der Waals surface area contributed by atoms with Gasteiger partial charge in [-0.15, -0.1) is 0 Å². The molecule has 2 saturated carbocycles. The number of ether oxygens (including phenoxy) is 1. The first-order valence-electron chi connectivity index (χ1n) is 10.5. The van der Waals surface area contributed by atoms with Crippen molar-refractivity contribution in [3.63, 3.8) is 0 Å². The van der Waals surface area contributed by atoms with E-state index in [9.17, 15) is 14.4 Å². The van der Waals surface area contributed by atoms with Crippen LogP contribution in [0.25, 0.3) is 11.3 Å². The monoisotopic (exact) mass is 416 g/mol. The van der Waals surface area contributed by atoms with E-state index in [4.69, 9.17) is 9.15 Å². The van der Waals surface area contributed by atoms with Gasteiger partial charge in [0.25, 0.3) is 11.8 Å². The molecule has 1 aromatic heterocycles. The smallest absolute Gasteiger partial charge is 0.337 e. The van der Waals surface area contributed by atoms with E-state index < -0.39 is 5.97 Å². The zero-order valence-corrected chi connectivity index (χ0v) is 16.8. The Hall–Kier alpha value is -3.48. The summed E-state index contributed by atoms with van der Waals surface area (Å²) in [5, 5.41) is 5.23. The Morgan fingerprint density at radius 3 is 2.48 bits per heavy atom. The van der Waals surface area contributed by atoms with Gasteiger partial charge in [-0.3, -0.25) is 9.59 Å². The number of esters is 1. The van der Waals surface area contributed by atoms with Crippen molar-refractivity contribution in [2.45, 2.75) is 6.42 Å². The highest BCUT2D eigenvalue weighted by molar-refractivity contribution is 6.06. The molecule has 3 fully saturated rings. The number of hydrogen-bond donors (Lipinski definition) is 0. The molecule has 7 nitrogen and oxygen atoms in total. The SMILES string of the molecule is COC(=O)c1cccc(-c2ccc(C=NN3C(=O)[C@@H]4[C@H]5C=C[C@@H]([C@@H]6C[C@H]56)[C@@H]4C3=O)o2)c1. The van der Waals surface area contributed by atoms with Crippen molar-refractivity contribution >= 4 is 24.0 Å². The van der Waals surface area contributed by atoms with E-state index in [0.29, 0.717) is 34.5 Å². The number of benzene rings is 1. The molecule has 0 N–H and O–H groups in total. The number of hydrogen-bond acceptors (Lipinski definition) is 6. The molecule has 1 aliphatic heterocycles. The van der Waals surface area contributed by atoms with Gasteiger partial charge in [-0.2, -0.15) is 10.1 Å². The van der Waals surface area contributed by atoms with Crippen LogP contribution in [0.4, 0.5) is 0 Å². The molecule has 7 heteroatoms. The topological polar surface area (TPSA) is 89.2 Å². The predicted molar refractivity (Wildman–Crippen MR) is 110 cm³/mol. The molecule has 2 bridgehead atoms. The second-order valence-corrected chi connectivity index (χ2v) is 8.66. The molecule has 0 radical (unpaired) electrons. The molecule has 1 saturated heterocycles. The van der Waals surface area contributed by atoms with Gasteiger partial charge >= 0.3 is 5.97 Å². The molecule has 7 rings (SSSR count). The maximum absolute atomic E-state index is 13.0. The molecule has 4 aliphatic carbocycles. The van der Waals surface area contributed by atoms with Crippen molar-refractivity contribution in [1.82, 2.24) is 5.01 Å². The van der Waals surface area contributed by atoms with Crippen molar-refractivity contribution in [2.75, 3.05) is 7.11 Å². The number of rotatable bonds is 4. The highest BCUT2D eigenvalue weighted by atomic mass is 16.5. The number of hydrazone groups is 1. The number of methoxy groups -OCH3 is 1. The van der Waals surface area contributed by atoms with Crippen molar-refractivity contribution < 1.29 is 23.5 Å². The van der Waals surface area contributed by atoms with Crippen molar-refractivity contribution in [2.24, 2.45) is 40.6 Å². The first kappa shape index (κ1) is 18.3. The minimum absolute atomic E-state index is 0.175. The van der Waals surface area contributed by atoms with Gasteiger partial charge in [0.15, 0.2) is 0 Å². The average molecular weight is 416 g/mol. The van der Waals surface area contributed by atoms with Gasteiger partial charge in [0.05, 0.1) is 30.7 Å². The van der Waals surface area contributed by atoms with Crippen LogP contribution in [0.3, 0.4) is 0 Å². The highest BCUT2D eigenvalue weighted by Crippen LogP contribution is 2.65. The molecule has 0 spiro atoms. The predicted octanol–water partition coefficient (Wildman–Crippen LogP) is 3.12. The molecule has 5 aliphatic rings. The van der Waals surface area contributed by atoms with Crippen LogP contribution in [0, 0.1) is 35.5 Å². The van der Waals surface area contributed by atoms with E-state index >= 15 is 0 Å². The van der Waals surface area contributed by atoms with Crippen LogP contribution in [0.2, 0.25) is 0 Å². The minimum atomic E-state index is -0.427. The summed E-state index contributed by atoms with van der Waals surface area (Å²) in [5.41, 5.74) is 1.13. The fraction of sp³-hybridized carbons (Fsp3) is 0.333. The number of imide groups is 1. The van der Waals surface area contributed by atoms with Crippen LogP contribution in [0.5, 0.6) is 0 Å². The molecule has 6 atom stereocenters. The fourth-order valence-corrected chi connectivity index (χ4v) is 5.66. The quantitative estimate of drug-likeness (QED) is 0.331. The molecule has 156 valence electrons. The zero-order valence-electron chi connectivity index (χ0n) is 16.8. The summed E-state index contributed by atoms with van der Waals surface area (Å²) >= 11 is 0. The Morgan fingerprint density at radius 2 is 1.81 bits per heavy atom. The van der Waals surface area contributed by atoms with Crippen molar-refractivity contribution in [3.05, 3.63) is 59.9 Å². The summed E-state index contributed by atoms with van der Waals surface area (Å²) in [6, 6.07) is 10.4. The first-order chi connectivity index (χ1) is 15.1. The number of carbonyl (C=O) groups is 3. The van der Waals surface area contributed by atoms with Crippen LogP contribution in [0.1, 0.15) is 22.5 Å². The molecule has 2 aromatic rings. The fourth-order valence-electron chi connectivity index (χ4n) is 5.66. The van der Waals surface area contributed by atoms with Gasteiger partial charge in [0.1, 0.15) is 11.5 Å². The number of nitrogens with zero attached hydrogens (tertiary/aromatic N) is 2. The second-order valence-electron chi connectivity index (χ2n) is 8.66. The zero-order chi connectivity index (χ0) is 21.3. The third kappa shape index (κ3) is 2.65. The lowest BCUT2D eigenvalue weighted by Gasteiger charge is -2.37. The molecule has 1 aromatic carbocycles. The third-order valence-electron chi connectivity index (χ3n) is 7.13. The van der Waals surface area contributed by atoms with E-state index in [0.717, 1.165) is 11.4 Å². The maximum Gasteiger partial charge on any atom is 0.337 e. The summed E-state index contributed by atoms with van der Waals surface area (Å²) in [5.74, 6) is 1.07. The minimum Gasteiger partial charge on any atom is -0.465 e. The van der Waals surface area contributed by atoms with Gasteiger partial charge in [-0.25, -0.2) is 4.79 Å². The first-order valence-corrected chi connectivity index (χ1v) is 10.5. The van der Waals surface area contributed by atoms with Gasteiger partial charge in [0.2, 0.25) is 0 Å². The van der Waals surface area contributed by atoms with Crippen LogP contribution < -0.4 is 0 Å². The molecule has 2 amide bonds. The van der Waals surface area contributed by atoms with E-state index in [1.165, 1.54) is 13.3 Å². The highest BCUT2D eigenvalue weighted by Gasteiger charge is 2.67. The molecule has 0 unspecified atom stereocenters. The summed E-state index contributed by atoms with van der Waals surface area (Å²) in [6.07, 6.45) is 6.81. The Morgan fingerprint density at radius 1 is 1.10 bits per heavy atom. The Bertz CT molecular complexity index is 1140. The lowest BCUT2D eigenvalue weighted by molar-refractivity contribution is -0.140. The van der Waals surface area contributed by atoms with Crippen molar-refractivity contribution in [3.8, 4) is 11.3 Å². The van der Waals surface area contributed by atoms with Gasteiger partial charge in [-0.1, -0.05) is 24.3 Å².